The van der Waals surface area contributed by atoms with Crippen molar-refractivity contribution in [2.45, 2.75) is 13.8 Å². The third kappa shape index (κ3) is 3.62. The van der Waals surface area contributed by atoms with E-state index in [2.05, 4.69) is 5.32 Å². The number of hydrogen-bond donors (Lipinski definition) is 1. The molecule has 1 aliphatic rings. The normalized spacial score (nSPS) is 15.7. The van der Waals surface area contributed by atoms with Crippen molar-refractivity contribution in [1.29, 1.82) is 0 Å². The molecule has 0 atom stereocenters. The number of amides is 4. The van der Waals surface area contributed by atoms with Crippen molar-refractivity contribution in [3.8, 4) is 5.75 Å². The highest BCUT2D eigenvalue weighted by Crippen LogP contribution is 2.27. The van der Waals surface area contributed by atoms with Crippen LogP contribution in [0, 0.1) is 6.92 Å². The molecule has 136 valence electrons. The highest BCUT2D eigenvalue weighted by molar-refractivity contribution is 6.39. The molecule has 0 aliphatic carbocycles. The number of nitrogens with zero attached hydrogens (tertiary/aromatic N) is 1. The van der Waals surface area contributed by atoms with Crippen molar-refractivity contribution >= 4 is 35.6 Å². The number of carbonyl (C=O) groups is 4. The number of imide groups is 2. The van der Waals surface area contributed by atoms with E-state index in [1.165, 1.54) is 13.0 Å². The molecular formula is C20H16N2O5. The second-order valence-electron chi connectivity index (χ2n) is 5.88. The summed E-state index contributed by atoms with van der Waals surface area (Å²) in [7, 11) is 0. The van der Waals surface area contributed by atoms with Gasteiger partial charge < -0.3 is 4.74 Å². The van der Waals surface area contributed by atoms with Crippen LogP contribution in [-0.4, -0.2) is 23.8 Å². The Morgan fingerprint density at radius 3 is 2.41 bits per heavy atom. The Morgan fingerprint density at radius 1 is 1.04 bits per heavy atom. The second kappa shape index (κ2) is 7.25. The lowest BCUT2D eigenvalue weighted by Gasteiger charge is -2.27. The van der Waals surface area contributed by atoms with Crippen LogP contribution in [0.15, 0.2) is 54.1 Å². The SMILES string of the molecule is CC(=O)Oc1ccccc1/C=C1/C(=O)NC(=O)N(c2ccccc2C)C1=O. The average Bonchev–Trinajstić information content (AvgIpc) is 2.61. The van der Waals surface area contributed by atoms with E-state index in [0.717, 1.165) is 4.90 Å². The summed E-state index contributed by atoms with van der Waals surface area (Å²) in [6.07, 6.45) is 1.30. The van der Waals surface area contributed by atoms with Crippen LogP contribution < -0.4 is 15.0 Å². The molecule has 3 rings (SSSR count). The first-order chi connectivity index (χ1) is 12.9. The van der Waals surface area contributed by atoms with Crippen molar-refractivity contribution in [3.05, 3.63) is 65.2 Å². The first-order valence-corrected chi connectivity index (χ1v) is 8.13. The molecule has 2 aromatic rings. The summed E-state index contributed by atoms with van der Waals surface area (Å²) in [4.78, 5) is 49.6. The largest absolute Gasteiger partial charge is 0.426 e. The molecule has 27 heavy (non-hydrogen) atoms. The Hall–Kier alpha value is -3.74. The molecule has 0 aromatic heterocycles. The summed E-state index contributed by atoms with van der Waals surface area (Å²) in [5.74, 6) is -1.89. The number of aryl methyl sites for hydroxylation is 1. The first kappa shape index (κ1) is 18.1. The zero-order chi connectivity index (χ0) is 19.6. The highest BCUT2D eigenvalue weighted by Gasteiger charge is 2.37. The van der Waals surface area contributed by atoms with Gasteiger partial charge in [-0.2, -0.15) is 0 Å². The van der Waals surface area contributed by atoms with Gasteiger partial charge in [0.25, 0.3) is 11.8 Å². The van der Waals surface area contributed by atoms with Gasteiger partial charge in [0.2, 0.25) is 0 Å². The van der Waals surface area contributed by atoms with Gasteiger partial charge in [-0.25, -0.2) is 9.69 Å². The van der Waals surface area contributed by atoms with Crippen molar-refractivity contribution in [3.63, 3.8) is 0 Å². The average molecular weight is 364 g/mol. The molecule has 7 nitrogen and oxygen atoms in total. The third-order valence-corrected chi connectivity index (χ3v) is 3.93. The maximum Gasteiger partial charge on any atom is 0.335 e. The number of hydrogen-bond acceptors (Lipinski definition) is 5. The van der Waals surface area contributed by atoms with Crippen molar-refractivity contribution in [1.82, 2.24) is 5.32 Å². The Kier molecular flexibility index (Phi) is 4.85. The minimum Gasteiger partial charge on any atom is -0.426 e. The van der Waals surface area contributed by atoms with Crippen molar-refractivity contribution in [2.75, 3.05) is 4.90 Å². The number of nitrogens with one attached hydrogen (secondary N) is 1. The predicted octanol–water partition coefficient (Wildman–Crippen LogP) is 2.59. The van der Waals surface area contributed by atoms with E-state index in [-0.39, 0.29) is 11.3 Å². The van der Waals surface area contributed by atoms with Crippen LogP contribution in [0.1, 0.15) is 18.1 Å². The van der Waals surface area contributed by atoms with E-state index in [1.54, 1.807) is 55.5 Å². The minimum atomic E-state index is -0.815. The lowest BCUT2D eigenvalue weighted by Crippen LogP contribution is -2.54. The number of rotatable bonds is 3. The van der Waals surface area contributed by atoms with E-state index in [1.807, 2.05) is 0 Å². The standard InChI is InChI=1S/C20H16N2O5/c1-12-7-3-5-9-16(12)22-19(25)15(18(24)21-20(22)26)11-14-8-4-6-10-17(14)27-13(2)23/h3-11H,1-2H3,(H,21,24,26)/b15-11-. The van der Waals surface area contributed by atoms with Gasteiger partial charge in [-0.3, -0.25) is 19.7 Å². The number of urea groups is 1. The molecule has 1 fully saturated rings. The van der Waals surface area contributed by atoms with Gasteiger partial charge >= 0.3 is 12.0 Å². The molecule has 1 saturated heterocycles. The number of barbiturate groups is 1. The Morgan fingerprint density at radius 2 is 1.70 bits per heavy atom. The quantitative estimate of drug-likeness (QED) is 0.391. The highest BCUT2D eigenvalue weighted by atomic mass is 16.5. The molecule has 0 radical (unpaired) electrons. The molecule has 7 heteroatoms. The van der Waals surface area contributed by atoms with Gasteiger partial charge in [0.15, 0.2) is 0 Å². The minimum absolute atomic E-state index is 0.206. The molecule has 4 amide bonds. The van der Waals surface area contributed by atoms with E-state index in [0.29, 0.717) is 16.8 Å². The number of benzene rings is 2. The number of anilines is 1. The van der Waals surface area contributed by atoms with Gasteiger partial charge in [-0.15, -0.1) is 0 Å². The molecule has 2 aromatic carbocycles. The van der Waals surface area contributed by atoms with Crippen molar-refractivity contribution < 1.29 is 23.9 Å². The molecule has 1 aliphatic heterocycles. The molecule has 0 unspecified atom stereocenters. The zero-order valence-corrected chi connectivity index (χ0v) is 14.7. The van der Waals surface area contributed by atoms with Crippen molar-refractivity contribution in [2.24, 2.45) is 0 Å². The third-order valence-electron chi connectivity index (χ3n) is 3.93. The predicted molar refractivity (Wildman–Crippen MR) is 97.9 cm³/mol. The van der Waals surface area contributed by atoms with E-state index in [4.69, 9.17) is 4.74 Å². The molecule has 1 heterocycles. The molecule has 0 bridgehead atoms. The maximum atomic E-state index is 12.9. The summed E-state index contributed by atoms with van der Waals surface area (Å²) < 4.78 is 5.10. The topological polar surface area (TPSA) is 92.8 Å². The van der Waals surface area contributed by atoms with Gasteiger partial charge in [0.1, 0.15) is 11.3 Å². The second-order valence-corrected chi connectivity index (χ2v) is 5.88. The van der Waals surface area contributed by atoms with Crippen LogP contribution in [0.3, 0.4) is 0 Å². The van der Waals surface area contributed by atoms with E-state index >= 15 is 0 Å². The molecule has 0 saturated carbocycles. The summed E-state index contributed by atoms with van der Waals surface area (Å²) in [5.41, 5.74) is 1.21. The number of ether oxygens (including phenoxy) is 1. The smallest absolute Gasteiger partial charge is 0.335 e. The van der Waals surface area contributed by atoms with Crippen LogP contribution in [0.4, 0.5) is 10.5 Å². The van der Waals surface area contributed by atoms with Crippen LogP contribution in [0.5, 0.6) is 5.75 Å². The number of carbonyl (C=O) groups excluding carboxylic acids is 4. The van der Waals surface area contributed by atoms with E-state index < -0.39 is 23.8 Å². The summed E-state index contributed by atoms with van der Waals surface area (Å²) in [6.45, 7) is 3.01. The number of para-hydroxylation sites is 2. The fourth-order valence-electron chi connectivity index (χ4n) is 2.69. The lowest BCUT2D eigenvalue weighted by atomic mass is 10.1. The maximum absolute atomic E-state index is 12.9. The van der Waals surface area contributed by atoms with Crippen LogP contribution in [0.2, 0.25) is 0 Å². The monoisotopic (exact) mass is 364 g/mol. The zero-order valence-electron chi connectivity index (χ0n) is 14.7. The summed E-state index contributed by atoms with van der Waals surface area (Å²) in [5, 5.41) is 2.17. The van der Waals surface area contributed by atoms with Gasteiger partial charge in [0, 0.05) is 12.5 Å². The Balaban J connectivity index is 2.06. The summed E-state index contributed by atoms with van der Waals surface area (Å²) in [6, 6.07) is 12.5. The number of esters is 1. The first-order valence-electron chi connectivity index (χ1n) is 8.13. The lowest BCUT2D eigenvalue weighted by molar-refractivity contribution is -0.132. The van der Waals surface area contributed by atoms with Crippen LogP contribution >= 0.6 is 0 Å². The molecule has 0 spiro atoms. The molecule has 1 N–H and O–H groups in total. The fourth-order valence-corrected chi connectivity index (χ4v) is 2.69. The van der Waals surface area contributed by atoms with E-state index in [9.17, 15) is 19.2 Å². The van der Waals surface area contributed by atoms with Crippen LogP contribution in [0.25, 0.3) is 6.08 Å². The summed E-state index contributed by atoms with van der Waals surface area (Å²) >= 11 is 0. The Bertz CT molecular complexity index is 993. The Labute approximate surface area is 155 Å². The van der Waals surface area contributed by atoms with Gasteiger partial charge in [-0.1, -0.05) is 36.4 Å². The van der Waals surface area contributed by atoms with Gasteiger partial charge in [0.05, 0.1) is 5.69 Å². The fraction of sp³-hybridized carbons (Fsp3) is 0.100. The van der Waals surface area contributed by atoms with Gasteiger partial charge in [-0.05, 0) is 30.7 Å². The van der Waals surface area contributed by atoms with Crippen LogP contribution in [-0.2, 0) is 14.4 Å². The molecular weight excluding hydrogens is 348 g/mol.